The van der Waals surface area contributed by atoms with E-state index in [4.69, 9.17) is 25.8 Å². The topological polar surface area (TPSA) is 65.1 Å². The summed E-state index contributed by atoms with van der Waals surface area (Å²) in [5, 5.41) is 0.279. The normalized spacial score (nSPS) is 15.1. The second-order valence-corrected chi connectivity index (χ2v) is 6.74. The van der Waals surface area contributed by atoms with Crippen LogP contribution in [0.2, 0.25) is 5.02 Å². The Morgan fingerprint density at radius 1 is 1.15 bits per heavy atom. The fraction of sp³-hybridized carbons (Fsp3) is 0.300. The van der Waals surface area contributed by atoms with Crippen LogP contribution in [0.1, 0.15) is 22.3 Å². The molecule has 0 saturated carbocycles. The predicted molar refractivity (Wildman–Crippen MR) is 99.8 cm³/mol. The summed E-state index contributed by atoms with van der Waals surface area (Å²) in [6, 6.07) is 10.7. The van der Waals surface area contributed by atoms with Crippen molar-refractivity contribution in [3.05, 3.63) is 52.5 Å². The Balaban J connectivity index is 1.43. The lowest BCUT2D eigenvalue weighted by molar-refractivity contribution is -0.121. The van der Waals surface area contributed by atoms with Crippen molar-refractivity contribution in [1.82, 2.24) is 0 Å². The van der Waals surface area contributed by atoms with Crippen LogP contribution in [-0.2, 0) is 16.0 Å². The molecule has 1 amide bonds. The van der Waals surface area contributed by atoms with Crippen molar-refractivity contribution in [1.29, 1.82) is 0 Å². The first-order valence-electron chi connectivity index (χ1n) is 8.78. The summed E-state index contributed by atoms with van der Waals surface area (Å²) in [6.45, 7) is 1.24. The third-order valence-corrected chi connectivity index (χ3v) is 4.83. The first-order chi connectivity index (χ1) is 13.1. The average molecular weight is 388 g/mol. The molecule has 2 aliphatic heterocycles. The van der Waals surface area contributed by atoms with Gasteiger partial charge in [-0.15, -0.1) is 0 Å². The van der Waals surface area contributed by atoms with Crippen LogP contribution in [0.4, 0.5) is 5.69 Å². The summed E-state index contributed by atoms with van der Waals surface area (Å²) >= 11 is 6.20. The van der Waals surface area contributed by atoms with Gasteiger partial charge in [0.25, 0.3) is 5.91 Å². The SMILES string of the molecule is O=C(OCC(=O)N1CCc2ccccc21)c1cc(Cl)c2c(c1)OCCCO2. The lowest BCUT2D eigenvalue weighted by Gasteiger charge is -2.17. The number of rotatable bonds is 3. The van der Waals surface area contributed by atoms with E-state index in [0.29, 0.717) is 31.3 Å². The fourth-order valence-electron chi connectivity index (χ4n) is 3.23. The lowest BCUT2D eigenvalue weighted by Crippen LogP contribution is -2.33. The molecule has 0 atom stereocenters. The summed E-state index contributed by atoms with van der Waals surface area (Å²) in [4.78, 5) is 26.5. The van der Waals surface area contributed by atoms with Gasteiger partial charge in [-0.3, -0.25) is 4.79 Å². The van der Waals surface area contributed by atoms with Crippen LogP contribution in [0.15, 0.2) is 36.4 Å². The van der Waals surface area contributed by atoms with E-state index in [1.165, 1.54) is 12.1 Å². The predicted octanol–water partition coefficient (Wildman–Crippen LogP) is 3.25. The molecule has 6 nitrogen and oxygen atoms in total. The molecule has 7 heteroatoms. The van der Waals surface area contributed by atoms with Gasteiger partial charge in [0.2, 0.25) is 0 Å². The molecule has 0 bridgehead atoms. The van der Waals surface area contributed by atoms with Crippen LogP contribution in [0, 0.1) is 0 Å². The number of fused-ring (bicyclic) bond motifs is 2. The standard InChI is InChI=1S/C20H18ClNO5/c21-15-10-14(11-17-19(15)26-9-3-8-25-17)20(24)27-12-18(23)22-7-6-13-4-1-2-5-16(13)22/h1-2,4-5,10-11H,3,6-9,12H2. The molecular weight excluding hydrogens is 370 g/mol. The Morgan fingerprint density at radius 2 is 1.96 bits per heavy atom. The summed E-state index contributed by atoms with van der Waals surface area (Å²) < 4.78 is 16.3. The Kier molecular flexibility index (Phi) is 4.90. The third-order valence-electron chi connectivity index (χ3n) is 4.55. The lowest BCUT2D eigenvalue weighted by atomic mass is 10.2. The largest absolute Gasteiger partial charge is 0.489 e. The second kappa shape index (κ2) is 7.48. The van der Waals surface area contributed by atoms with Gasteiger partial charge < -0.3 is 19.1 Å². The average Bonchev–Trinajstić information content (AvgIpc) is 2.96. The van der Waals surface area contributed by atoms with Crippen LogP contribution < -0.4 is 14.4 Å². The molecule has 27 heavy (non-hydrogen) atoms. The molecule has 2 aromatic carbocycles. The number of amides is 1. The van der Waals surface area contributed by atoms with Crippen molar-refractivity contribution in [3.63, 3.8) is 0 Å². The molecule has 140 valence electrons. The van der Waals surface area contributed by atoms with E-state index < -0.39 is 5.97 Å². The molecule has 2 heterocycles. The summed E-state index contributed by atoms with van der Waals surface area (Å²) in [5.74, 6) is -0.0515. The molecule has 0 spiro atoms. The number of ether oxygens (including phenoxy) is 3. The van der Waals surface area contributed by atoms with Gasteiger partial charge in [-0.2, -0.15) is 0 Å². The Hall–Kier alpha value is -2.73. The number of hydrogen-bond donors (Lipinski definition) is 0. The maximum atomic E-state index is 12.5. The highest BCUT2D eigenvalue weighted by molar-refractivity contribution is 6.32. The van der Waals surface area contributed by atoms with E-state index in [2.05, 4.69) is 0 Å². The maximum absolute atomic E-state index is 12.5. The summed E-state index contributed by atoms with van der Waals surface area (Å²) in [6.07, 6.45) is 1.53. The molecule has 0 unspecified atom stereocenters. The minimum atomic E-state index is -0.631. The van der Waals surface area contributed by atoms with Crippen molar-refractivity contribution in [2.24, 2.45) is 0 Å². The highest BCUT2D eigenvalue weighted by atomic mass is 35.5. The molecule has 0 aliphatic carbocycles. The number of nitrogens with zero attached hydrogens (tertiary/aromatic N) is 1. The van der Waals surface area contributed by atoms with E-state index in [1.807, 2.05) is 24.3 Å². The van der Waals surface area contributed by atoms with Crippen LogP contribution >= 0.6 is 11.6 Å². The van der Waals surface area contributed by atoms with E-state index in [9.17, 15) is 9.59 Å². The van der Waals surface area contributed by atoms with Crippen LogP contribution in [0.5, 0.6) is 11.5 Å². The summed E-state index contributed by atoms with van der Waals surface area (Å²) in [7, 11) is 0. The second-order valence-electron chi connectivity index (χ2n) is 6.34. The van der Waals surface area contributed by atoms with Gasteiger partial charge >= 0.3 is 5.97 Å². The van der Waals surface area contributed by atoms with Gasteiger partial charge in [-0.25, -0.2) is 4.79 Å². The molecule has 0 aromatic heterocycles. The van der Waals surface area contributed by atoms with E-state index in [1.54, 1.807) is 4.90 Å². The highest BCUT2D eigenvalue weighted by Gasteiger charge is 2.25. The highest BCUT2D eigenvalue weighted by Crippen LogP contribution is 2.38. The molecular formula is C20H18ClNO5. The number of carbonyl (C=O) groups is 2. The van der Waals surface area contributed by atoms with Gasteiger partial charge in [-0.1, -0.05) is 29.8 Å². The number of esters is 1. The number of carbonyl (C=O) groups excluding carboxylic acids is 2. The van der Waals surface area contributed by atoms with Crippen molar-refractivity contribution in [2.75, 3.05) is 31.3 Å². The monoisotopic (exact) mass is 387 g/mol. The number of anilines is 1. The molecule has 4 rings (SSSR count). The quantitative estimate of drug-likeness (QED) is 0.756. The minimum absolute atomic E-state index is 0.221. The molecule has 0 radical (unpaired) electrons. The Bertz CT molecular complexity index is 898. The van der Waals surface area contributed by atoms with Gasteiger partial charge in [0.15, 0.2) is 18.1 Å². The van der Waals surface area contributed by atoms with Crippen molar-refractivity contribution >= 4 is 29.2 Å². The molecule has 2 aliphatic rings. The third kappa shape index (κ3) is 3.57. The zero-order chi connectivity index (χ0) is 18.8. The minimum Gasteiger partial charge on any atom is -0.489 e. The van der Waals surface area contributed by atoms with Gasteiger partial charge in [0, 0.05) is 18.7 Å². The van der Waals surface area contributed by atoms with Crippen LogP contribution in [0.25, 0.3) is 0 Å². The number of hydrogen-bond acceptors (Lipinski definition) is 5. The zero-order valence-corrected chi connectivity index (χ0v) is 15.3. The van der Waals surface area contributed by atoms with E-state index >= 15 is 0 Å². The molecule has 0 fully saturated rings. The van der Waals surface area contributed by atoms with E-state index in [0.717, 1.165) is 24.1 Å². The van der Waals surface area contributed by atoms with Crippen molar-refractivity contribution < 1.29 is 23.8 Å². The zero-order valence-electron chi connectivity index (χ0n) is 14.6. The van der Waals surface area contributed by atoms with Gasteiger partial charge in [0.05, 0.1) is 23.8 Å². The van der Waals surface area contributed by atoms with Crippen molar-refractivity contribution in [3.8, 4) is 11.5 Å². The first-order valence-corrected chi connectivity index (χ1v) is 9.16. The van der Waals surface area contributed by atoms with Crippen LogP contribution in [0.3, 0.4) is 0 Å². The first kappa shape index (κ1) is 17.7. The van der Waals surface area contributed by atoms with Crippen molar-refractivity contribution in [2.45, 2.75) is 12.8 Å². The Morgan fingerprint density at radius 3 is 2.85 bits per heavy atom. The number of halogens is 1. The fourth-order valence-corrected chi connectivity index (χ4v) is 3.50. The van der Waals surface area contributed by atoms with E-state index in [-0.39, 0.29) is 23.1 Å². The van der Waals surface area contributed by atoms with Crippen LogP contribution in [-0.4, -0.2) is 38.2 Å². The smallest absolute Gasteiger partial charge is 0.338 e. The maximum Gasteiger partial charge on any atom is 0.338 e. The number of para-hydroxylation sites is 1. The molecule has 2 aromatic rings. The van der Waals surface area contributed by atoms with Gasteiger partial charge in [-0.05, 0) is 30.2 Å². The van der Waals surface area contributed by atoms with Gasteiger partial charge in [0.1, 0.15) is 0 Å². The summed E-state index contributed by atoms with van der Waals surface area (Å²) in [5.41, 5.74) is 2.21. The molecule has 0 N–H and O–H groups in total. The Labute approximate surface area is 161 Å². The molecule has 0 saturated heterocycles. The number of benzene rings is 2.